The Bertz CT molecular complexity index is 864. The molecule has 140 valence electrons. The van der Waals surface area contributed by atoms with Crippen LogP contribution in [-0.4, -0.2) is 45.2 Å². The van der Waals surface area contributed by atoms with E-state index < -0.39 is 11.9 Å². The molecule has 8 heteroatoms. The second-order valence-electron chi connectivity index (χ2n) is 6.67. The first-order valence-corrected chi connectivity index (χ1v) is 8.87. The second kappa shape index (κ2) is 7.84. The second-order valence-corrected chi connectivity index (χ2v) is 6.67. The number of hydrogen-bond acceptors (Lipinski definition) is 5. The van der Waals surface area contributed by atoms with Gasteiger partial charge in [-0.05, 0) is 37.9 Å². The van der Waals surface area contributed by atoms with Crippen molar-refractivity contribution < 1.29 is 14.7 Å². The van der Waals surface area contributed by atoms with Crippen LogP contribution in [-0.2, 0) is 16.6 Å². The molecule has 2 saturated heterocycles. The van der Waals surface area contributed by atoms with Crippen molar-refractivity contribution in [1.82, 2.24) is 19.8 Å². The summed E-state index contributed by atoms with van der Waals surface area (Å²) in [5, 5.41) is 14.2. The molecule has 1 aromatic carbocycles. The molecular formula is C18H24N4O4. The molecule has 0 saturated carbocycles. The highest BCUT2D eigenvalue weighted by Gasteiger charge is 2.30. The number of nitrogens with zero attached hydrogens (tertiary/aromatic N) is 2. The van der Waals surface area contributed by atoms with Crippen LogP contribution in [0.5, 0.6) is 0 Å². The summed E-state index contributed by atoms with van der Waals surface area (Å²) in [5.74, 6) is -0.691. The Morgan fingerprint density at radius 2 is 1.85 bits per heavy atom. The van der Waals surface area contributed by atoms with Gasteiger partial charge in [-0.1, -0.05) is 12.1 Å². The van der Waals surface area contributed by atoms with Gasteiger partial charge in [-0.2, -0.15) is 0 Å². The van der Waals surface area contributed by atoms with Crippen molar-refractivity contribution in [3.8, 4) is 0 Å². The third-order valence-electron chi connectivity index (χ3n) is 4.79. The molecule has 2 atom stereocenters. The monoisotopic (exact) mass is 360 g/mol. The average Bonchev–Trinajstić information content (AvgIpc) is 2.88. The predicted octanol–water partition coefficient (Wildman–Crippen LogP) is 0.0484. The zero-order chi connectivity index (χ0) is 18.7. The van der Waals surface area contributed by atoms with E-state index in [1.807, 2.05) is 18.2 Å². The van der Waals surface area contributed by atoms with Crippen molar-refractivity contribution in [1.29, 1.82) is 0 Å². The molecule has 2 unspecified atom stereocenters. The van der Waals surface area contributed by atoms with Crippen LogP contribution in [0.1, 0.15) is 31.7 Å². The maximum atomic E-state index is 12.3. The van der Waals surface area contributed by atoms with Crippen molar-refractivity contribution in [2.45, 2.75) is 37.8 Å². The van der Waals surface area contributed by atoms with Gasteiger partial charge in [0.2, 0.25) is 11.8 Å². The van der Waals surface area contributed by atoms with Gasteiger partial charge in [0.15, 0.2) is 0 Å². The van der Waals surface area contributed by atoms with Crippen LogP contribution >= 0.6 is 0 Å². The van der Waals surface area contributed by atoms with Crippen molar-refractivity contribution >= 4 is 22.8 Å². The number of β-amino-alcohol motifs (C(OH)–C–C–N with tert-alkyl or cyclic N) is 1. The maximum Gasteiger partial charge on any atom is 0.329 e. The van der Waals surface area contributed by atoms with Crippen LogP contribution < -0.4 is 16.3 Å². The molecule has 0 aliphatic carbocycles. The number of aliphatic hydroxyl groups is 1. The predicted molar refractivity (Wildman–Crippen MR) is 96.7 cm³/mol. The number of rotatable bonds is 1. The van der Waals surface area contributed by atoms with Crippen molar-refractivity contribution in [3.05, 3.63) is 34.7 Å². The average molecular weight is 360 g/mol. The lowest BCUT2D eigenvalue weighted by atomic mass is 10.1. The molecule has 8 nitrogen and oxygen atoms in total. The number of aliphatic hydroxyl groups excluding tert-OH is 1. The first kappa shape index (κ1) is 18.3. The minimum Gasteiger partial charge on any atom is -0.392 e. The third-order valence-corrected chi connectivity index (χ3v) is 4.79. The van der Waals surface area contributed by atoms with Gasteiger partial charge in [0, 0.05) is 20.0 Å². The fourth-order valence-electron chi connectivity index (χ4n) is 3.38. The number of carbonyl (C=O) groups excluding carboxylic acids is 2. The van der Waals surface area contributed by atoms with Crippen LogP contribution in [0.4, 0.5) is 0 Å². The lowest BCUT2D eigenvalue weighted by Crippen LogP contribution is -2.44. The maximum absolute atomic E-state index is 12.3. The van der Waals surface area contributed by atoms with Gasteiger partial charge < -0.3 is 10.4 Å². The SMILES string of the molecule is Cn1c(=O)n(C2CCC(=O)NC2=O)c2ccccc21.OC1CCCNC1. The molecule has 26 heavy (non-hydrogen) atoms. The molecule has 2 fully saturated rings. The standard InChI is InChI=1S/C13H13N3O3.C5H11NO/c1-15-8-4-2-3-5-9(8)16(13(15)19)10-6-7-11(17)14-12(10)18;7-5-2-1-3-6-4-5/h2-5,10H,6-7H2,1H3,(H,14,17,18);5-7H,1-4H2. The van der Waals surface area contributed by atoms with E-state index in [0.717, 1.165) is 31.4 Å². The van der Waals surface area contributed by atoms with Gasteiger partial charge in [0.1, 0.15) is 6.04 Å². The van der Waals surface area contributed by atoms with Crippen molar-refractivity contribution in [3.63, 3.8) is 0 Å². The highest BCUT2D eigenvalue weighted by Crippen LogP contribution is 2.22. The Balaban J connectivity index is 0.000000236. The number of hydrogen-bond donors (Lipinski definition) is 3. The van der Waals surface area contributed by atoms with Crippen LogP contribution in [0.2, 0.25) is 0 Å². The summed E-state index contributed by atoms with van der Waals surface area (Å²) in [4.78, 5) is 35.4. The van der Waals surface area contributed by atoms with Gasteiger partial charge in [0.05, 0.1) is 17.1 Å². The van der Waals surface area contributed by atoms with Crippen LogP contribution in [0.15, 0.2) is 29.1 Å². The molecule has 2 aliphatic heterocycles. The normalized spacial score (nSPS) is 23.3. The summed E-state index contributed by atoms with van der Waals surface area (Å²) in [6.07, 6.45) is 2.65. The number of para-hydroxylation sites is 2. The number of aryl methyl sites for hydroxylation is 1. The summed E-state index contributed by atoms with van der Waals surface area (Å²) < 4.78 is 2.98. The van der Waals surface area contributed by atoms with E-state index in [1.54, 1.807) is 13.1 Å². The van der Waals surface area contributed by atoms with Crippen LogP contribution in [0.25, 0.3) is 11.0 Å². The minimum absolute atomic E-state index is 0.0752. The Morgan fingerprint density at radius 1 is 1.12 bits per heavy atom. The molecule has 1 aromatic heterocycles. The Hall–Kier alpha value is -2.45. The largest absolute Gasteiger partial charge is 0.392 e. The summed E-state index contributed by atoms with van der Waals surface area (Å²) in [6.45, 7) is 1.87. The number of aromatic nitrogens is 2. The molecule has 3 heterocycles. The third kappa shape index (κ3) is 3.71. The topological polar surface area (TPSA) is 105 Å². The van der Waals surface area contributed by atoms with Gasteiger partial charge >= 0.3 is 5.69 Å². The lowest BCUT2D eigenvalue weighted by molar-refractivity contribution is -0.135. The number of amides is 2. The van der Waals surface area contributed by atoms with E-state index in [1.165, 1.54) is 9.13 Å². The molecule has 2 amide bonds. The number of benzene rings is 1. The molecule has 3 N–H and O–H groups in total. The van der Waals surface area contributed by atoms with E-state index in [4.69, 9.17) is 5.11 Å². The summed E-state index contributed by atoms with van der Waals surface area (Å²) >= 11 is 0. The Morgan fingerprint density at radius 3 is 2.42 bits per heavy atom. The minimum atomic E-state index is -0.615. The highest BCUT2D eigenvalue weighted by molar-refractivity contribution is 6.00. The number of fused-ring (bicyclic) bond motifs is 1. The number of carbonyl (C=O) groups is 2. The molecular weight excluding hydrogens is 336 g/mol. The molecule has 0 radical (unpaired) electrons. The Labute approximate surface area is 150 Å². The molecule has 4 rings (SSSR count). The molecule has 2 aromatic rings. The summed E-state index contributed by atoms with van der Waals surface area (Å²) in [7, 11) is 1.67. The zero-order valence-electron chi connectivity index (χ0n) is 14.8. The fraction of sp³-hybridized carbons (Fsp3) is 0.500. The van der Waals surface area contributed by atoms with Crippen molar-refractivity contribution in [2.75, 3.05) is 13.1 Å². The highest BCUT2D eigenvalue weighted by atomic mass is 16.3. The van der Waals surface area contributed by atoms with Crippen LogP contribution in [0, 0.1) is 0 Å². The van der Waals surface area contributed by atoms with Gasteiger partial charge in [-0.15, -0.1) is 0 Å². The van der Waals surface area contributed by atoms with E-state index >= 15 is 0 Å². The number of imide groups is 1. The van der Waals surface area contributed by atoms with E-state index in [2.05, 4.69) is 10.6 Å². The Kier molecular flexibility index (Phi) is 5.53. The first-order valence-electron chi connectivity index (χ1n) is 8.87. The summed E-state index contributed by atoms with van der Waals surface area (Å²) in [6, 6.07) is 6.69. The molecule has 0 spiro atoms. The zero-order valence-corrected chi connectivity index (χ0v) is 14.8. The smallest absolute Gasteiger partial charge is 0.329 e. The first-order chi connectivity index (χ1) is 12.5. The van der Waals surface area contributed by atoms with Gasteiger partial charge in [0.25, 0.3) is 0 Å². The number of imidazole rings is 1. The van der Waals surface area contributed by atoms with E-state index in [9.17, 15) is 14.4 Å². The van der Waals surface area contributed by atoms with E-state index in [0.29, 0.717) is 11.9 Å². The fourth-order valence-corrected chi connectivity index (χ4v) is 3.38. The number of piperidine rings is 2. The van der Waals surface area contributed by atoms with Crippen molar-refractivity contribution in [2.24, 2.45) is 7.05 Å². The van der Waals surface area contributed by atoms with E-state index in [-0.39, 0.29) is 24.1 Å². The van der Waals surface area contributed by atoms with Gasteiger partial charge in [-0.25, -0.2) is 4.79 Å². The van der Waals surface area contributed by atoms with Crippen LogP contribution in [0.3, 0.4) is 0 Å². The molecule has 2 aliphatic rings. The van der Waals surface area contributed by atoms with Gasteiger partial charge in [-0.3, -0.25) is 24.0 Å². The lowest BCUT2D eigenvalue weighted by Gasteiger charge is -2.21. The number of nitrogens with one attached hydrogen (secondary N) is 2. The summed E-state index contributed by atoms with van der Waals surface area (Å²) in [5.41, 5.74) is 1.25. The quantitative estimate of drug-likeness (QED) is 0.623. The molecule has 0 bridgehead atoms.